The minimum atomic E-state index is -1.58. The zero-order valence-corrected chi connectivity index (χ0v) is 23.8. The van der Waals surface area contributed by atoms with Crippen LogP contribution in [-0.2, 0) is 11.2 Å². The van der Waals surface area contributed by atoms with E-state index < -0.39 is 41.2 Å². The Bertz CT molecular complexity index is 1980. The second-order valence-electron chi connectivity index (χ2n) is 9.66. The molecule has 1 aromatic heterocycles. The first-order valence-electron chi connectivity index (χ1n) is 13.2. The predicted octanol–water partition coefficient (Wildman–Crippen LogP) is 7.42. The van der Waals surface area contributed by atoms with Crippen LogP contribution in [-0.4, -0.2) is 34.1 Å². The van der Waals surface area contributed by atoms with Gasteiger partial charge in [0.1, 0.15) is 29.0 Å². The number of rotatable bonds is 8. The molecule has 0 unspecified atom stereocenters. The van der Waals surface area contributed by atoms with E-state index in [4.69, 9.17) is 22.9 Å². The van der Waals surface area contributed by atoms with E-state index in [9.17, 15) is 28.3 Å². The first kappa shape index (κ1) is 30.6. The van der Waals surface area contributed by atoms with Crippen molar-refractivity contribution < 1.29 is 33.0 Å². The van der Waals surface area contributed by atoms with Crippen LogP contribution in [0.25, 0.3) is 26.9 Å². The van der Waals surface area contributed by atoms with E-state index in [1.54, 1.807) is 60.8 Å². The second kappa shape index (κ2) is 13.2. The number of carboxylic acid groups (broad SMARTS) is 1. The molecule has 1 heterocycles. The molecule has 5 aromatic rings. The first-order valence-corrected chi connectivity index (χ1v) is 13.6. The molecule has 5 rings (SSSR count). The monoisotopic (exact) mass is 626 g/mol. The number of carbonyl (C=O) groups excluding carboxylic acids is 2. The molecule has 0 aliphatic heterocycles. The maximum Gasteiger partial charge on any atom is 0.417 e. The summed E-state index contributed by atoms with van der Waals surface area (Å²) >= 11 is 6.43. The Balaban J connectivity index is 1.36. The number of ether oxygens (including phenoxy) is 1. The largest absolute Gasteiger partial charge is 0.480 e. The van der Waals surface area contributed by atoms with Crippen LogP contribution in [0.15, 0.2) is 91.1 Å². The third kappa shape index (κ3) is 6.87. The number of para-hydroxylation sites is 1. The van der Waals surface area contributed by atoms with Gasteiger partial charge in [0.05, 0.1) is 12.1 Å². The third-order valence-electron chi connectivity index (χ3n) is 6.73. The van der Waals surface area contributed by atoms with Crippen molar-refractivity contribution in [2.45, 2.75) is 12.5 Å². The Kier molecular flexibility index (Phi) is 8.97. The number of carboxylic acids is 1. The fourth-order valence-electron chi connectivity index (χ4n) is 4.67. The summed E-state index contributed by atoms with van der Waals surface area (Å²) in [5.41, 5.74) is 1.25. The van der Waals surface area contributed by atoms with Crippen molar-refractivity contribution in [2.24, 2.45) is 0 Å². The normalized spacial score (nSPS) is 11.3. The van der Waals surface area contributed by atoms with Crippen LogP contribution in [0.2, 0.25) is 5.02 Å². The van der Waals surface area contributed by atoms with Gasteiger partial charge in [-0.2, -0.15) is 0 Å². The van der Waals surface area contributed by atoms with Crippen molar-refractivity contribution in [3.05, 3.63) is 130 Å². The third-order valence-corrected chi connectivity index (χ3v) is 7.04. The highest BCUT2D eigenvalue weighted by atomic mass is 35.5. The molecule has 0 saturated heterocycles. The van der Waals surface area contributed by atoms with Gasteiger partial charge in [0.2, 0.25) is 0 Å². The number of amides is 2. The highest BCUT2D eigenvalue weighted by molar-refractivity contribution is 6.34. The van der Waals surface area contributed by atoms with E-state index in [1.807, 2.05) is 0 Å². The minimum absolute atomic E-state index is 0.198. The summed E-state index contributed by atoms with van der Waals surface area (Å²) < 4.78 is 34.9. The van der Waals surface area contributed by atoms with Crippen LogP contribution in [0.3, 0.4) is 0 Å². The Labute approximate surface area is 259 Å². The number of halogens is 3. The lowest BCUT2D eigenvalue weighted by atomic mass is 9.95. The fraction of sp³-hybridized carbons (Fsp3) is 0.0606. The van der Waals surface area contributed by atoms with Crippen LogP contribution in [0.4, 0.5) is 25.0 Å². The number of pyridine rings is 1. The molecule has 2 amide bonds. The Morgan fingerprint density at radius 1 is 0.956 bits per heavy atom. The zero-order chi connectivity index (χ0) is 32.1. The molecule has 0 spiro atoms. The van der Waals surface area contributed by atoms with Gasteiger partial charge < -0.3 is 15.2 Å². The quantitative estimate of drug-likeness (QED) is 0.154. The standard InChI is InChI=1S/C33H21ClF2N4O5/c1-37-19-10-12-23(25(34)15-19)24-11-9-18(22-8-5-13-38-30(22)24)14-28(32(42)43)40-31(41)29-26(35)16-20(17-27(29)36)39-33(44)45-21-6-3-2-4-7-21/h2-13,15-17,28H,14H2,(H,39,44)(H,40,41)(H,42,43)/t28-/m0/s1. The lowest BCUT2D eigenvalue weighted by molar-refractivity contribution is -0.139. The summed E-state index contributed by atoms with van der Waals surface area (Å²) in [6, 6.07) is 19.4. The fourth-order valence-corrected chi connectivity index (χ4v) is 4.95. The molecule has 45 heavy (non-hydrogen) atoms. The number of nitrogens with one attached hydrogen (secondary N) is 2. The molecule has 0 aliphatic carbocycles. The van der Waals surface area contributed by atoms with Crippen LogP contribution in [0, 0.1) is 18.2 Å². The Morgan fingerprint density at radius 3 is 2.33 bits per heavy atom. The summed E-state index contributed by atoms with van der Waals surface area (Å²) in [6.07, 6.45) is 0.291. The van der Waals surface area contributed by atoms with E-state index in [0.717, 1.165) is 0 Å². The average molecular weight is 627 g/mol. The summed E-state index contributed by atoms with van der Waals surface area (Å²) in [4.78, 5) is 45.0. The van der Waals surface area contributed by atoms with Crippen molar-refractivity contribution in [1.82, 2.24) is 10.3 Å². The topological polar surface area (TPSA) is 122 Å². The van der Waals surface area contributed by atoms with E-state index in [-0.39, 0.29) is 17.9 Å². The van der Waals surface area contributed by atoms with Crippen molar-refractivity contribution >= 4 is 51.8 Å². The maximum atomic E-state index is 14.9. The SMILES string of the molecule is [C-]#[N+]c1ccc(-c2ccc(C[C@H](NC(=O)c3c(F)cc(NC(=O)Oc4ccccc4)cc3F)C(=O)O)c3cccnc23)c(Cl)c1. The highest BCUT2D eigenvalue weighted by Gasteiger charge is 2.27. The van der Waals surface area contributed by atoms with E-state index in [2.05, 4.69) is 20.5 Å². The average Bonchev–Trinajstić information content (AvgIpc) is 3.01. The molecule has 0 radical (unpaired) electrons. The molecule has 9 nitrogen and oxygen atoms in total. The molecular formula is C33H21ClF2N4O5. The zero-order valence-electron chi connectivity index (χ0n) is 23.1. The molecule has 3 N–H and O–H groups in total. The molecule has 0 aliphatic rings. The highest BCUT2D eigenvalue weighted by Crippen LogP contribution is 2.36. The van der Waals surface area contributed by atoms with Gasteiger partial charge in [0.25, 0.3) is 5.91 Å². The van der Waals surface area contributed by atoms with Gasteiger partial charge in [0.15, 0.2) is 5.69 Å². The summed E-state index contributed by atoms with van der Waals surface area (Å²) in [7, 11) is 0. The van der Waals surface area contributed by atoms with Gasteiger partial charge in [-0.3, -0.25) is 15.1 Å². The summed E-state index contributed by atoms with van der Waals surface area (Å²) in [5.74, 6) is -5.20. The molecule has 0 bridgehead atoms. The van der Waals surface area contributed by atoms with E-state index in [1.165, 1.54) is 18.2 Å². The summed E-state index contributed by atoms with van der Waals surface area (Å²) in [6.45, 7) is 7.18. The van der Waals surface area contributed by atoms with Gasteiger partial charge >= 0.3 is 12.1 Å². The van der Waals surface area contributed by atoms with Gasteiger partial charge in [-0.25, -0.2) is 23.2 Å². The molecular weight excluding hydrogens is 606 g/mol. The molecule has 0 fully saturated rings. The molecule has 4 aromatic carbocycles. The Morgan fingerprint density at radius 2 is 1.67 bits per heavy atom. The number of nitrogens with zero attached hydrogens (tertiary/aromatic N) is 2. The van der Waals surface area contributed by atoms with Crippen LogP contribution in [0.1, 0.15) is 15.9 Å². The number of aromatic nitrogens is 1. The number of carbonyl (C=O) groups is 3. The molecule has 0 saturated carbocycles. The van der Waals surface area contributed by atoms with Crippen LogP contribution in [0.5, 0.6) is 5.75 Å². The number of fused-ring (bicyclic) bond motifs is 1. The number of aliphatic carboxylic acids is 1. The first-order chi connectivity index (χ1) is 21.6. The molecule has 224 valence electrons. The number of anilines is 1. The van der Waals surface area contributed by atoms with Gasteiger partial charge in [-0.1, -0.05) is 60.1 Å². The van der Waals surface area contributed by atoms with Crippen LogP contribution < -0.4 is 15.4 Å². The smallest absolute Gasteiger partial charge is 0.417 e. The van der Waals surface area contributed by atoms with E-state index in [0.29, 0.717) is 50.4 Å². The van der Waals surface area contributed by atoms with Gasteiger partial charge in [0, 0.05) is 34.3 Å². The van der Waals surface area contributed by atoms with Crippen LogP contribution >= 0.6 is 11.6 Å². The lowest BCUT2D eigenvalue weighted by Crippen LogP contribution is -2.43. The Hall–Kier alpha value is -5.86. The number of hydrogen-bond acceptors (Lipinski definition) is 5. The van der Waals surface area contributed by atoms with Crippen molar-refractivity contribution in [2.75, 3.05) is 5.32 Å². The number of benzene rings is 4. The van der Waals surface area contributed by atoms with Gasteiger partial charge in [-0.15, -0.1) is 0 Å². The summed E-state index contributed by atoms with van der Waals surface area (Å²) in [5, 5.41) is 15.2. The predicted molar refractivity (Wildman–Crippen MR) is 163 cm³/mol. The van der Waals surface area contributed by atoms with Crippen molar-refractivity contribution in [3.8, 4) is 16.9 Å². The molecule has 1 atom stereocenters. The van der Waals surface area contributed by atoms with Gasteiger partial charge in [-0.05, 0) is 47.5 Å². The maximum absolute atomic E-state index is 14.9. The lowest BCUT2D eigenvalue weighted by Gasteiger charge is -2.18. The number of hydrogen-bond donors (Lipinski definition) is 3. The van der Waals surface area contributed by atoms with E-state index >= 15 is 0 Å². The minimum Gasteiger partial charge on any atom is -0.480 e. The van der Waals surface area contributed by atoms with Crippen molar-refractivity contribution in [1.29, 1.82) is 0 Å². The van der Waals surface area contributed by atoms with Crippen molar-refractivity contribution in [3.63, 3.8) is 0 Å². The molecule has 12 heteroatoms. The second-order valence-corrected chi connectivity index (χ2v) is 10.1.